The van der Waals surface area contributed by atoms with Gasteiger partial charge in [0.05, 0.1) is 16.3 Å². The minimum Gasteiger partial charge on any atom is -0.444 e. The predicted octanol–water partition coefficient (Wildman–Crippen LogP) is 2.25. The van der Waals surface area contributed by atoms with Gasteiger partial charge in [-0.05, 0) is 58.1 Å². The molecule has 3 fully saturated rings. The fourth-order valence-electron chi connectivity index (χ4n) is 6.88. The lowest BCUT2D eigenvalue weighted by molar-refractivity contribution is -0.168. The highest BCUT2D eigenvalue weighted by atomic mass is 32.1. The number of urea groups is 1. The van der Waals surface area contributed by atoms with E-state index in [1.165, 1.54) is 16.3 Å². The standard InChI is InChI=1S/C32H47N9O6S/c1-31(2,3)47-30(46)39-32(17-19-9-5-4-6-10-19)14-16-40-15-13-22(41(40)27(32)44)25(43)36-21(18-35-29(45)38-28(33)34)24(42)26-37-20-11-7-8-12-23(20)48-26/h7-8,11-12,19,21-22,24,42H,4-6,9-10,13-18H2,1-3H3,(H,36,43)(H,39,46)(H5,33,34,35,38,45)/t21-,22-,24?,32+/m0/s1. The first kappa shape index (κ1) is 35.3. The molecule has 48 heavy (non-hydrogen) atoms. The Labute approximate surface area is 283 Å². The Morgan fingerprint density at radius 2 is 1.88 bits per heavy atom. The second kappa shape index (κ2) is 14.6. The lowest BCUT2D eigenvalue weighted by atomic mass is 9.76. The van der Waals surface area contributed by atoms with Gasteiger partial charge in [0.2, 0.25) is 5.91 Å². The summed E-state index contributed by atoms with van der Waals surface area (Å²) < 4.78 is 6.44. The van der Waals surface area contributed by atoms with Crippen LogP contribution in [0.2, 0.25) is 0 Å². The first-order valence-corrected chi connectivity index (χ1v) is 17.4. The Morgan fingerprint density at radius 1 is 1.15 bits per heavy atom. The molecule has 8 N–H and O–H groups in total. The van der Waals surface area contributed by atoms with Gasteiger partial charge in [-0.25, -0.2) is 19.6 Å². The van der Waals surface area contributed by atoms with E-state index in [1.807, 2.05) is 29.3 Å². The van der Waals surface area contributed by atoms with Crippen molar-refractivity contribution in [1.82, 2.24) is 31.0 Å². The first-order chi connectivity index (χ1) is 22.7. The maximum absolute atomic E-state index is 14.6. The van der Waals surface area contributed by atoms with Gasteiger partial charge in [-0.1, -0.05) is 44.2 Å². The number of rotatable bonds is 9. The lowest BCUT2D eigenvalue weighted by Gasteiger charge is -2.47. The monoisotopic (exact) mass is 685 g/mol. The molecule has 4 atom stereocenters. The smallest absolute Gasteiger partial charge is 0.408 e. The molecule has 1 saturated carbocycles. The van der Waals surface area contributed by atoms with Crippen LogP contribution in [-0.2, 0) is 14.3 Å². The van der Waals surface area contributed by atoms with Gasteiger partial charge < -0.3 is 37.3 Å². The third-order valence-electron chi connectivity index (χ3n) is 9.06. The fourth-order valence-corrected chi connectivity index (χ4v) is 7.90. The van der Waals surface area contributed by atoms with Gasteiger partial charge in [0.25, 0.3) is 5.91 Å². The van der Waals surface area contributed by atoms with Crippen molar-refractivity contribution >= 4 is 51.5 Å². The van der Waals surface area contributed by atoms with Crippen molar-refractivity contribution in [2.45, 2.75) is 101 Å². The maximum Gasteiger partial charge on any atom is 0.408 e. The number of aromatic nitrogens is 1. The molecule has 5 rings (SSSR count). The van der Waals surface area contributed by atoms with Crippen molar-refractivity contribution in [3.8, 4) is 0 Å². The average molecular weight is 686 g/mol. The van der Waals surface area contributed by atoms with Crippen LogP contribution >= 0.6 is 11.3 Å². The Hall–Kier alpha value is -4.02. The number of nitrogens with one attached hydrogen (secondary N) is 3. The Balaban J connectivity index is 1.38. The number of alkyl carbamates (subject to hydrolysis) is 1. The molecule has 0 bridgehead atoms. The number of aliphatic hydroxyl groups is 1. The zero-order chi connectivity index (χ0) is 34.6. The molecule has 1 aliphatic carbocycles. The van der Waals surface area contributed by atoms with Gasteiger partial charge in [-0.2, -0.15) is 4.99 Å². The number of benzene rings is 1. The molecule has 262 valence electrons. The van der Waals surface area contributed by atoms with Crippen LogP contribution in [-0.4, -0.2) is 92.9 Å². The fraction of sp³-hybridized carbons (Fsp3) is 0.625. The van der Waals surface area contributed by atoms with E-state index in [-0.39, 0.29) is 18.4 Å². The molecule has 1 aromatic heterocycles. The number of fused-ring (bicyclic) bond motifs is 2. The van der Waals surface area contributed by atoms with E-state index >= 15 is 0 Å². The Kier molecular flexibility index (Phi) is 10.7. The van der Waals surface area contributed by atoms with E-state index < -0.39 is 53.3 Å². The van der Waals surface area contributed by atoms with Gasteiger partial charge in [-0.15, -0.1) is 11.3 Å². The SMILES string of the molecule is CC(C)(C)OC(=O)N[C@@]1(CC2CCCCC2)CCN2CC[C@@H](C(=O)N[C@@H](CNC(=O)N=C(N)N)C(O)c3nc4ccccc4s3)N2C1=O. The van der Waals surface area contributed by atoms with E-state index in [0.717, 1.165) is 36.8 Å². The molecule has 1 aromatic carbocycles. The highest BCUT2D eigenvalue weighted by Gasteiger charge is 2.54. The molecule has 15 nitrogen and oxygen atoms in total. The summed E-state index contributed by atoms with van der Waals surface area (Å²) in [5, 5.41) is 23.5. The van der Waals surface area contributed by atoms with Gasteiger partial charge in [0.1, 0.15) is 28.3 Å². The van der Waals surface area contributed by atoms with Crippen LogP contribution in [0.3, 0.4) is 0 Å². The zero-order valence-corrected chi connectivity index (χ0v) is 28.6. The molecular formula is C32H47N9O6S. The van der Waals surface area contributed by atoms with Crippen LogP contribution in [0, 0.1) is 5.92 Å². The molecule has 3 heterocycles. The van der Waals surface area contributed by atoms with Crippen LogP contribution in [0.5, 0.6) is 0 Å². The van der Waals surface area contributed by atoms with Crippen LogP contribution in [0.15, 0.2) is 29.3 Å². The van der Waals surface area contributed by atoms with E-state index in [4.69, 9.17) is 16.2 Å². The molecule has 16 heteroatoms. The van der Waals surface area contributed by atoms with Gasteiger partial charge >= 0.3 is 12.1 Å². The number of nitrogens with zero attached hydrogens (tertiary/aromatic N) is 4. The molecule has 2 saturated heterocycles. The number of nitrogens with two attached hydrogens (primary N) is 2. The summed E-state index contributed by atoms with van der Waals surface area (Å²) in [6.45, 7) is 6.00. The molecule has 2 aliphatic heterocycles. The van der Waals surface area contributed by atoms with Gasteiger partial charge in [-0.3, -0.25) is 14.6 Å². The summed E-state index contributed by atoms with van der Waals surface area (Å²) in [6.07, 6.45) is 4.44. The maximum atomic E-state index is 14.6. The van der Waals surface area contributed by atoms with Crippen LogP contribution in [0.1, 0.15) is 83.2 Å². The van der Waals surface area contributed by atoms with E-state index in [0.29, 0.717) is 42.9 Å². The molecule has 0 spiro atoms. The quantitative estimate of drug-likeness (QED) is 0.167. The van der Waals surface area contributed by atoms with E-state index in [1.54, 1.807) is 20.8 Å². The number of guanidine groups is 1. The molecule has 3 aliphatic rings. The van der Waals surface area contributed by atoms with Crippen molar-refractivity contribution in [3.05, 3.63) is 29.3 Å². The second-order valence-electron chi connectivity index (χ2n) is 13.9. The highest BCUT2D eigenvalue weighted by Crippen LogP contribution is 2.38. The Bertz CT molecular complexity index is 1500. The summed E-state index contributed by atoms with van der Waals surface area (Å²) >= 11 is 1.26. The number of hydrogen-bond acceptors (Lipinski definition) is 9. The number of carbonyl (C=O) groups excluding carboxylic acids is 4. The predicted molar refractivity (Wildman–Crippen MR) is 180 cm³/mol. The summed E-state index contributed by atoms with van der Waals surface area (Å²) in [5.74, 6) is -1.06. The topological polar surface area (TPSA) is 218 Å². The van der Waals surface area contributed by atoms with Gasteiger partial charge in [0.15, 0.2) is 5.96 Å². The number of amides is 5. The first-order valence-electron chi connectivity index (χ1n) is 16.6. The van der Waals surface area contributed by atoms with Crippen molar-refractivity contribution in [3.63, 3.8) is 0 Å². The van der Waals surface area contributed by atoms with Crippen LogP contribution in [0.4, 0.5) is 9.59 Å². The van der Waals surface area contributed by atoms with Crippen molar-refractivity contribution in [2.75, 3.05) is 19.6 Å². The Morgan fingerprint density at radius 3 is 2.56 bits per heavy atom. The molecule has 1 unspecified atom stereocenters. The van der Waals surface area contributed by atoms with E-state index in [2.05, 4.69) is 25.9 Å². The molecule has 5 amide bonds. The van der Waals surface area contributed by atoms with Crippen LogP contribution in [0.25, 0.3) is 10.2 Å². The number of aliphatic imine (C=N–C) groups is 1. The van der Waals surface area contributed by atoms with E-state index in [9.17, 15) is 24.3 Å². The van der Waals surface area contributed by atoms with Crippen molar-refractivity contribution in [2.24, 2.45) is 22.4 Å². The summed E-state index contributed by atoms with van der Waals surface area (Å²) in [5.41, 5.74) is 9.36. The molecule has 2 aromatic rings. The summed E-state index contributed by atoms with van der Waals surface area (Å²) in [7, 11) is 0. The van der Waals surface area contributed by atoms with Crippen molar-refractivity contribution < 1.29 is 29.0 Å². The minimum atomic E-state index is -1.31. The lowest BCUT2D eigenvalue weighted by Crippen LogP contribution is -2.69. The largest absolute Gasteiger partial charge is 0.444 e. The number of hydrazine groups is 1. The number of thiazole rings is 1. The number of aliphatic hydroxyl groups excluding tert-OH is 1. The number of para-hydroxylation sites is 1. The number of hydrogen-bond donors (Lipinski definition) is 6. The normalized spacial score (nSPS) is 23.2. The molecule has 0 radical (unpaired) electrons. The molecular weight excluding hydrogens is 638 g/mol. The third-order valence-corrected chi connectivity index (χ3v) is 10.2. The zero-order valence-electron chi connectivity index (χ0n) is 27.7. The third kappa shape index (κ3) is 8.33. The van der Waals surface area contributed by atoms with Crippen molar-refractivity contribution in [1.29, 1.82) is 0 Å². The summed E-state index contributed by atoms with van der Waals surface area (Å²) in [4.78, 5) is 62.0. The minimum absolute atomic E-state index is 0.228. The highest BCUT2D eigenvalue weighted by molar-refractivity contribution is 7.18. The van der Waals surface area contributed by atoms with Crippen LogP contribution < -0.4 is 27.4 Å². The van der Waals surface area contributed by atoms with Gasteiger partial charge in [0, 0.05) is 19.6 Å². The number of ether oxygens (including phenoxy) is 1. The second-order valence-corrected chi connectivity index (χ2v) is 14.9. The number of carbonyl (C=O) groups is 4. The average Bonchev–Trinajstić information content (AvgIpc) is 3.65. The summed E-state index contributed by atoms with van der Waals surface area (Å²) in [6, 6.07) is 4.58.